The third kappa shape index (κ3) is 4.87. The second-order valence-electron chi connectivity index (χ2n) is 6.42. The Balaban J connectivity index is 2.24. The highest BCUT2D eigenvalue weighted by Gasteiger charge is 2.44. The Morgan fingerprint density at radius 3 is 2.25 bits per heavy atom. The monoisotopic (exact) mass is 412 g/mol. The lowest BCUT2D eigenvalue weighted by atomic mass is 10.0. The third-order valence-electron chi connectivity index (χ3n) is 4.51. The van der Waals surface area contributed by atoms with E-state index in [-0.39, 0.29) is 38.2 Å². The molecule has 1 aliphatic heterocycles. The van der Waals surface area contributed by atoms with Gasteiger partial charge in [-0.1, -0.05) is 0 Å². The minimum atomic E-state index is -5.20. The first kappa shape index (κ1) is 21.8. The van der Waals surface area contributed by atoms with E-state index >= 15 is 0 Å². The maximum atomic E-state index is 13.1. The standard InChI is InChI=1S/C17H18F6N2O3/c1-10-15(28)24(6-2-3-14(26)27)7-8-25(10)11-4-5-12(16(18,19)20)13(9-11)17(21,22)23/h4-5,9-10H,2-3,6-8H2,1H3,(H,26,27)/t10-/m0/s1. The van der Waals surface area contributed by atoms with Gasteiger partial charge in [0.05, 0.1) is 11.1 Å². The van der Waals surface area contributed by atoms with Crippen molar-refractivity contribution >= 4 is 17.6 Å². The molecule has 0 saturated carbocycles. The molecule has 1 amide bonds. The molecule has 0 radical (unpaired) electrons. The summed E-state index contributed by atoms with van der Waals surface area (Å²) in [6, 6.07) is 0.805. The molecule has 156 valence electrons. The van der Waals surface area contributed by atoms with E-state index in [4.69, 9.17) is 5.11 Å². The van der Waals surface area contributed by atoms with Crippen LogP contribution in [0.4, 0.5) is 32.0 Å². The Bertz CT molecular complexity index is 747. The van der Waals surface area contributed by atoms with Crippen molar-refractivity contribution < 1.29 is 41.0 Å². The molecule has 2 rings (SSSR count). The average Bonchev–Trinajstić information content (AvgIpc) is 2.56. The number of hydrogen-bond donors (Lipinski definition) is 1. The first-order valence-corrected chi connectivity index (χ1v) is 8.38. The van der Waals surface area contributed by atoms with Crippen LogP contribution in [-0.4, -0.2) is 47.6 Å². The predicted octanol–water partition coefficient (Wildman–Crippen LogP) is 3.63. The van der Waals surface area contributed by atoms with Gasteiger partial charge in [-0.25, -0.2) is 0 Å². The van der Waals surface area contributed by atoms with Gasteiger partial charge < -0.3 is 14.9 Å². The first-order chi connectivity index (χ1) is 12.8. The fraction of sp³-hybridized carbons (Fsp3) is 0.529. The van der Waals surface area contributed by atoms with Crippen LogP contribution in [0, 0.1) is 0 Å². The van der Waals surface area contributed by atoms with E-state index in [1.54, 1.807) is 0 Å². The maximum absolute atomic E-state index is 13.1. The van der Waals surface area contributed by atoms with Crippen LogP contribution < -0.4 is 4.90 Å². The number of halogens is 6. The fourth-order valence-electron chi connectivity index (χ4n) is 3.12. The Labute approximate surface area is 156 Å². The van der Waals surface area contributed by atoms with Crippen molar-refractivity contribution in [3.05, 3.63) is 29.3 Å². The summed E-state index contributed by atoms with van der Waals surface area (Å²) in [5, 5.41) is 8.64. The summed E-state index contributed by atoms with van der Waals surface area (Å²) in [5.41, 5.74) is -3.72. The van der Waals surface area contributed by atoms with Gasteiger partial charge in [-0.2, -0.15) is 26.3 Å². The summed E-state index contributed by atoms with van der Waals surface area (Å²) < 4.78 is 78.1. The second-order valence-corrected chi connectivity index (χ2v) is 6.42. The minimum absolute atomic E-state index is 0.114. The lowest BCUT2D eigenvalue weighted by molar-refractivity contribution is -0.162. The molecule has 1 saturated heterocycles. The smallest absolute Gasteiger partial charge is 0.417 e. The summed E-state index contributed by atoms with van der Waals surface area (Å²) >= 11 is 0. The van der Waals surface area contributed by atoms with Gasteiger partial charge in [0.15, 0.2) is 0 Å². The fourth-order valence-corrected chi connectivity index (χ4v) is 3.12. The van der Waals surface area contributed by atoms with Crippen molar-refractivity contribution in [3.63, 3.8) is 0 Å². The molecule has 1 aromatic rings. The van der Waals surface area contributed by atoms with E-state index in [1.807, 2.05) is 0 Å². The van der Waals surface area contributed by atoms with Gasteiger partial charge in [0.25, 0.3) is 0 Å². The molecular weight excluding hydrogens is 394 g/mol. The van der Waals surface area contributed by atoms with E-state index < -0.39 is 41.4 Å². The van der Waals surface area contributed by atoms with Crippen LogP contribution >= 0.6 is 0 Å². The van der Waals surface area contributed by atoms with Crippen LogP contribution in [0.3, 0.4) is 0 Å². The zero-order chi connectivity index (χ0) is 21.3. The molecule has 1 fully saturated rings. The van der Waals surface area contributed by atoms with Crippen LogP contribution in [0.1, 0.15) is 30.9 Å². The molecule has 0 bridgehead atoms. The molecule has 28 heavy (non-hydrogen) atoms. The lowest BCUT2D eigenvalue weighted by Crippen LogP contribution is -2.56. The Morgan fingerprint density at radius 1 is 1.11 bits per heavy atom. The molecule has 0 spiro atoms. The summed E-state index contributed by atoms with van der Waals surface area (Å²) in [4.78, 5) is 25.7. The van der Waals surface area contributed by atoms with Crippen LogP contribution in [0.15, 0.2) is 18.2 Å². The number of amides is 1. The van der Waals surface area contributed by atoms with Gasteiger partial charge in [0, 0.05) is 31.7 Å². The molecule has 0 aromatic heterocycles. The van der Waals surface area contributed by atoms with Crippen molar-refractivity contribution in [1.29, 1.82) is 0 Å². The van der Waals surface area contributed by atoms with Crippen molar-refractivity contribution in [1.82, 2.24) is 4.90 Å². The summed E-state index contributed by atoms with van der Waals surface area (Å²) in [6.07, 6.45) is -10.3. The highest BCUT2D eigenvalue weighted by Crippen LogP contribution is 2.42. The van der Waals surface area contributed by atoms with E-state index in [9.17, 15) is 35.9 Å². The first-order valence-electron chi connectivity index (χ1n) is 8.38. The van der Waals surface area contributed by atoms with Crippen LogP contribution in [0.2, 0.25) is 0 Å². The summed E-state index contributed by atoms with van der Waals surface area (Å²) in [5.74, 6) is -1.44. The highest BCUT2D eigenvalue weighted by atomic mass is 19.4. The van der Waals surface area contributed by atoms with Crippen molar-refractivity contribution in [3.8, 4) is 0 Å². The molecule has 5 nitrogen and oxygen atoms in total. The van der Waals surface area contributed by atoms with E-state index in [0.717, 1.165) is 6.07 Å². The second kappa shape index (κ2) is 7.88. The number of carboxylic acids is 1. The van der Waals surface area contributed by atoms with E-state index in [0.29, 0.717) is 12.1 Å². The maximum Gasteiger partial charge on any atom is 0.417 e. The van der Waals surface area contributed by atoms with Crippen molar-refractivity contribution in [2.24, 2.45) is 0 Å². The number of piperazine rings is 1. The van der Waals surface area contributed by atoms with Gasteiger partial charge in [-0.05, 0) is 31.5 Å². The van der Waals surface area contributed by atoms with Gasteiger partial charge in [-0.15, -0.1) is 0 Å². The van der Waals surface area contributed by atoms with Crippen LogP contribution in [0.25, 0.3) is 0 Å². The summed E-state index contributed by atoms with van der Waals surface area (Å²) in [7, 11) is 0. The zero-order valence-corrected chi connectivity index (χ0v) is 14.8. The number of anilines is 1. The SMILES string of the molecule is C[C@H]1C(=O)N(CCCC(=O)O)CCN1c1ccc(C(F)(F)F)c(C(F)(F)F)c1. The number of benzene rings is 1. The zero-order valence-electron chi connectivity index (χ0n) is 14.8. The molecule has 1 N–H and O–H groups in total. The Kier molecular flexibility index (Phi) is 6.15. The molecule has 1 atom stereocenters. The van der Waals surface area contributed by atoms with Crippen molar-refractivity contribution in [2.45, 2.75) is 38.2 Å². The largest absolute Gasteiger partial charge is 0.481 e. The number of rotatable bonds is 5. The quantitative estimate of drug-likeness (QED) is 0.751. The summed E-state index contributed by atoms with van der Waals surface area (Å²) in [6.45, 7) is 1.87. The molecule has 0 unspecified atom stereocenters. The number of nitrogens with zero attached hydrogens (tertiary/aromatic N) is 2. The molecular formula is C17H18F6N2O3. The van der Waals surface area contributed by atoms with E-state index in [1.165, 1.54) is 16.7 Å². The Hall–Kier alpha value is -2.46. The molecule has 11 heteroatoms. The normalized spacial score (nSPS) is 18.5. The van der Waals surface area contributed by atoms with Crippen molar-refractivity contribution in [2.75, 3.05) is 24.5 Å². The number of carbonyl (C=O) groups is 2. The Morgan fingerprint density at radius 2 is 1.71 bits per heavy atom. The number of aliphatic carboxylic acids is 1. The van der Waals surface area contributed by atoms with Crippen LogP contribution in [-0.2, 0) is 21.9 Å². The number of carbonyl (C=O) groups excluding carboxylic acids is 1. The van der Waals surface area contributed by atoms with Gasteiger partial charge >= 0.3 is 18.3 Å². The van der Waals surface area contributed by atoms with Gasteiger partial charge in [-0.3, -0.25) is 9.59 Å². The minimum Gasteiger partial charge on any atom is -0.481 e. The molecule has 1 aromatic carbocycles. The highest BCUT2D eigenvalue weighted by molar-refractivity contribution is 5.86. The predicted molar refractivity (Wildman–Crippen MR) is 86.7 cm³/mol. The topological polar surface area (TPSA) is 60.9 Å². The van der Waals surface area contributed by atoms with Crippen LogP contribution in [0.5, 0.6) is 0 Å². The number of carboxylic acid groups (broad SMARTS) is 1. The van der Waals surface area contributed by atoms with Gasteiger partial charge in [0.2, 0.25) is 5.91 Å². The average molecular weight is 412 g/mol. The third-order valence-corrected chi connectivity index (χ3v) is 4.51. The molecule has 1 heterocycles. The molecule has 0 aliphatic carbocycles. The number of hydrogen-bond acceptors (Lipinski definition) is 3. The number of alkyl halides is 6. The molecule has 1 aliphatic rings. The van der Waals surface area contributed by atoms with Gasteiger partial charge in [0.1, 0.15) is 6.04 Å². The van der Waals surface area contributed by atoms with E-state index in [2.05, 4.69) is 0 Å². The lowest BCUT2D eigenvalue weighted by Gasteiger charge is -2.40.